The van der Waals surface area contributed by atoms with Crippen molar-refractivity contribution < 1.29 is 4.79 Å². The normalized spacial score (nSPS) is 11.5. The predicted molar refractivity (Wildman–Crippen MR) is 84.7 cm³/mol. The maximum Gasteiger partial charge on any atom is 0.222 e. The largest absolute Gasteiger partial charge is 0.345 e. The monoisotopic (exact) mass is 276 g/mol. The van der Waals surface area contributed by atoms with Crippen LogP contribution in [0.25, 0.3) is 0 Å². The zero-order valence-electron chi connectivity index (χ0n) is 13.5. The number of hydrogen-bond donors (Lipinski definition) is 1. The fourth-order valence-corrected chi connectivity index (χ4v) is 2.35. The van der Waals surface area contributed by atoms with Crippen molar-refractivity contribution in [2.75, 3.05) is 20.1 Å². The predicted octanol–water partition coefficient (Wildman–Crippen LogP) is 2.68. The van der Waals surface area contributed by atoms with E-state index in [1.807, 2.05) is 7.05 Å². The summed E-state index contributed by atoms with van der Waals surface area (Å²) in [6.45, 7) is 9.65. The van der Waals surface area contributed by atoms with Crippen LogP contribution < -0.4 is 5.73 Å². The van der Waals surface area contributed by atoms with Gasteiger partial charge in [0.1, 0.15) is 0 Å². The third kappa shape index (κ3) is 4.97. The molecule has 0 radical (unpaired) electrons. The fraction of sp³-hybridized carbons (Fsp3) is 0.588. The van der Waals surface area contributed by atoms with Gasteiger partial charge < -0.3 is 10.6 Å². The third-order valence-electron chi connectivity index (χ3n) is 3.75. The van der Waals surface area contributed by atoms with Gasteiger partial charge in [0.15, 0.2) is 0 Å². The molecule has 0 heterocycles. The Morgan fingerprint density at radius 3 is 2.50 bits per heavy atom. The molecule has 0 saturated carbocycles. The second-order valence-electron chi connectivity index (χ2n) is 6.55. The average molecular weight is 276 g/mol. The first-order chi connectivity index (χ1) is 9.25. The Morgan fingerprint density at radius 1 is 1.30 bits per heavy atom. The van der Waals surface area contributed by atoms with Gasteiger partial charge >= 0.3 is 0 Å². The zero-order chi connectivity index (χ0) is 15.3. The van der Waals surface area contributed by atoms with Gasteiger partial charge in [0.25, 0.3) is 0 Å². The second-order valence-corrected chi connectivity index (χ2v) is 6.55. The van der Waals surface area contributed by atoms with Crippen LogP contribution in [0, 0.1) is 19.3 Å². The first-order valence-corrected chi connectivity index (χ1v) is 7.25. The van der Waals surface area contributed by atoms with Crippen LogP contribution in [-0.2, 0) is 11.2 Å². The number of hydrogen-bond acceptors (Lipinski definition) is 2. The van der Waals surface area contributed by atoms with Crippen molar-refractivity contribution in [3.8, 4) is 0 Å². The molecule has 1 amide bonds. The molecule has 0 saturated heterocycles. The Bertz CT molecular complexity index is 466. The Morgan fingerprint density at radius 2 is 1.95 bits per heavy atom. The summed E-state index contributed by atoms with van der Waals surface area (Å²) in [6.07, 6.45) is 1.36. The summed E-state index contributed by atoms with van der Waals surface area (Å²) in [7, 11) is 1.86. The lowest BCUT2D eigenvalue weighted by molar-refractivity contribution is -0.131. The molecule has 3 nitrogen and oxygen atoms in total. The Balaban J connectivity index is 2.54. The molecule has 1 aromatic carbocycles. The number of benzene rings is 1. The molecule has 2 N–H and O–H groups in total. The van der Waals surface area contributed by atoms with Crippen molar-refractivity contribution in [2.45, 2.75) is 40.5 Å². The van der Waals surface area contributed by atoms with Gasteiger partial charge in [0, 0.05) is 20.0 Å². The van der Waals surface area contributed by atoms with Gasteiger partial charge in [-0.25, -0.2) is 0 Å². The molecule has 0 spiro atoms. The van der Waals surface area contributed by atoms with Gasteiger partial charge in [-0.05, 0) is 43.4 Å². The lowest BCUT2D eigenvalue weighted by atomic mass is 9.93. The summed E-state index contributed by atoms with van der Waals surface area (Å²) in [5, 5.41) is 0. The number of nitrogens with zero attached hydrogens (tertiary/aromatic N) is 1. The van der Waals surface area contributed by atoms with Crippen molar-refractivity contribution in [2.24, 2.45) is 11.1 Å². The van der Waals surface area contributed by atoms with Gasteiger partial charge in [0.05, 0.1) is 0 Å². The molecule has 0 aliphatic rings. The topological polar surface area (TPSA) is 46.3 Å². The third-order valence-corrected chi connectivity index (χ3v) is 3.75. The smallest absolute Gasteiger partial charge is 0.222 e. The SMILES string of the molecule is Cc1ccc(CCC(=O)N(C)CC(C)(C)CN)c(C)c1. The fourth-order valence-electron chi connectivity index (χ4n) is 2.35. The molecule has 0 aliphatic heterocycles. The number of rotatable bonds is 6. The van der Waals surface area contributed by atoms with Gasteiger partial charge in [-0.1, -0.05) is 37.6 Å². The molecule has 0 aromatic heterocycles. The van der Waals surface area contributed by atoms with Crippen LogP contribution in [-0.4, -0.2) is 30.9 Å². The first kappa shape index (κ1) is 16.7. The molecule has 1 aromatic rings. The maximum atomic E-state index is 12.2. The first-order valence-electron chi connectivity index (χ1n) is 7.25. The van der Waals surface area contributed by atoms with E-state index >= 15 is 0 Å². The molecule has 1 rings (SSSR count). The number of aryl methyl sites for hydroxylation is 3. The molecular weight excluding hydrogens is 248 g/mol. The van der Waals surface area contributed by atoms with Gasteiger partial charge in [0.2, 0.25) is 5.91 Å². The Hall–Kier alpha value is -1.35. The number of carbonyl (C=O) groups excluding carboxylic acids is 1. The van der Waals surface area contributed by atoms with E-state index < -0.39 is 0 Å². The lowest BCUT2D eigenvalue weighted by Gasteiger charge is -2.29. The van der Waals surface area contributed by atoms with Gasteiger partial charge in [-0.3, -0.25) is 4.79 Å². The van der Waals surface area contributed by atoms with Crippen LogP contribution in [0.2, 0.25) is 0 Å². The molecule has 0 aliphatic carbocycles. The van der Waals surface area contributed by atoms with Crippen molar-refractivity contribution >= 4 is 5.91 Å². The average Bonchev–Trinajstić information content (AvgIpc) is 2.36. The van der Waals surface area contributed by atoms with Crippen LogP contribution in [0.4, 0.5) is 0 Å². The van der Waals surface area contributed by atoms with Crippen LogP contribution in [0.1, 0.15) is 37.0 Å². The van der Waals surface area contributed by atoms with Crippen molar-refractivity contribution in [1.29, 1.82) is 0 Å². The Kier molecular flexibility index (Phi) is 5.75. The highest BCUT2D eigenvalue weighted by atomic mass is 16.2. The highest BCUT2D eigenvalue weighted by molar-refractivity contribution is 5.76. The maximum absolute atomic E-state index is 12.2. The van der Waals surface area contributed by atoms with E-state index in [4.69, 9.17) is 5.73 Å². The highest BCUT2D eigenvalue weighted by Crippen LogP contribution is 2.16. The molecule has 112 valence electrons. The van der Waals surface area contributed by atoms with E-state index in [-0.39, 0.29) is 11.3 Å². The van der Waals surface area contributed by atoms with Gasteiger partial charge in [-0.2, -0.15) is 0 Å². The summed E-state index contributed by atoms with van der Waals surface area (Å²) >= 11 is 0. The van der Waals surface area contributed by atoms with E-state index in [9.17, 15) is 4.79 Å². The van der Waals surface area contributed by atoms with Crippen LogP contribution >= 0.6 is 0 Å². The van der Waals surface area contributed by atoms with Crippen molar-refractivity contribution in [3.63, 3.8) is 0 Å². The van der Waals surface area contributed by atoms with E-state index in [1.165, 1.54) is 16.7 Å². The summed E-state index contributed by atoms with van der Waals surface area (Å²) in [6, 6.07) is 6.40. The zero-order valence-corrected chi connectivity index (χ0v) is 13.5. The van der Waals surface area contributed by atoms with Gasteiger partial charge in [-0.15, -0.1) is 0 Å². The minimum Gasteiger partial charge on any atom is -0.345 e. The van der Waals surface area contributed by atoms with E-state index in [0.717, 1.165) is 6.42 Å². The Labute approximate surface area is 123 Å². The lowest BCUT2D eigenvalue weighted by Crippen LogP contribution is -2.39. The van der Waals surface area contributed by atoms with Crippen LogP contribution in [0.15, 0.2) is 18.2 Å². The molecule has 0 atom stereocenters. The summed E-state index contributed by atoms with van der Waals surface area (Å²) < 4.78 is 0. The number of carbonyl (C=O) groups is 1. The van der Waals surface area contributed by atoms with Crippen molar-refractivity contribution in [1.82, 2.24) is 4.90 Å². The van der Waals surface area contributed by atoms with E-state index in [2.05, 4.69) is 45.9 Å². The molecule has 0 fully saturated rings. The highest BCUT2D eigenvalue weighted by Gasteiger charge is 2.20. The molecule has 0 bridgehead atoms. The standard InChI is InChI=1S/C17H28N2O/c1-13-6-7-15(14(2)10-13)8-9-16(20)19(5)12-17(3,4)11-18/h6-7,10H,8-9,11-12,18H2,1-5H3. The molecular formula is C17H28N2O. The second kappa shape index (κ2) is 6.89. The van der Waals surface area contributed by atoms with E-state index in [0.29, 0.717) is 19.5 Å². The summed E-state index contributed by atoms with van der Waals surface area (Å²) in [5.74, 6) is 0.187. The quantitative estimate of drug-likeness (QED) is 0.868. The van der Waals surface area contributed by atoms with Crippen LogP contribution in [0.5, 0.6) is 0 Å². The molecule has 20 heavy (non-hydrogen) atoms. The number of amides is 1. The minimum absolute atomic E-state index is 0.0236. The van der Waals surface area contributed by atoms with Crippen LogP contribution in [0.3, 0.4) is 0 Å². The summed E-state index contributed by atoms with van der Waals surface area (Å²) in [5.41, 5.74) is 9.48. The van der Waals surface area contributed by atoms with Crippen molar-refractivity contribution in [3.05, 3.63) is 34.9 Å². The van der Waals surface area contributed by atoms with E-state index in [1.54, 1.807) is 4.90 Å². The molecule has 3 heteroatoms. The number of nitrogens with two attached hydrogens (primary N) is 1. The summed E-state index contributed by atoms with van der Waals surface area (Å²) in [4.78, 5) is 14.0. The minimum atomic E-state index is -0.0236. The molecule has 0 unspecified atom stereocenters.